The summed E-state index contributed by atoms with van der Waals surface area (Å²) in [5, 5.41) is 7.78. The van der Waals surface area contributed by atoms with Crippen LogP contribution in [0.25, 0.3) is 0 Å². The Kier molecular flexibility index (Phi) is 4.50. The number of hydrogen-bond donors (Lipinski definition) is 1. The molecule has 17 heavy (non-hydrogen) atoms. The summed E-state index contributed by atoms with van der Waals surface area (Å²) in [7, 11) is 4.11. The van der Waals surface area contributed by atoms with Gasteiger partial charge in [-0.3, -0.25) is 4.68 Å². The van der Waals surface area contributed by atoms with Crippen LogP contribution in [0.2, 0.25) is 0 Å². The molecule has 1 fully saturated rings. The summed E-state index contributed by atoms with van der Waals surface area (Å²) in [5.41, 5.74) is 0. The van der Waals surface area contributed by atoms with E-state index in [1.54, 1.807) is 11.0 Å². The Bertz CT molecular complexity index is 327. The summed E-state index contributed by atoms with van der Waals surface area (Å²) in [4.78, 5) is 6.63. The van der Waals surface area contributed by atoms with Crippen molar-refractivity contribution < 1.29 is 0 Å². The van der Waals surface area contributed by atoms with E-state index in [1.807, 2.05) is 7.05 Å². The smallest absolute Gasteiger partial charge is 0.151 e. The number of nitrogens with zero attached hydrogens (tertiary/aromatic N) is 4. The van der Waals surface area contributed by atoms with Crippen LogP contribution in [-0.2, 0) is 13.5 Å². The average Bonchev–Trinajstić information content (AvgIpc) is 2.73. The fraction of sp³-hybridized carbons (Fsp3) is 0.833. The van der Waals surface area contributed by atoms with Gasteiger partial charge in [-0.05, 0) is 45.4 Å². The van der Waals surface area contributed by atoms with E-state index in [0.717, 1.165) is 31.3 Å². The van der Waals surface area contributed by atoms with Gasteiger partial charge in [0.15, 0.2) is 5.82 Å². The van der Waals surface area contributed by atoms with Crippen molar-refractivity contribution in [2.24, 2.45) is 13.0 Å². The zero-order valence-electron chi connectivity index (χ0n) is 10.9. The van der Waals surface area contributed by atoms with E-state index in [2.05, 4.69) is 27.3 Å². The highest BCUT2D eigenvalue weighted by Gasteiger charge is 2.15. The molecule has 0 atom stereocenters. The Morgan fingerprint density at radius 1 is 1.35 bits per heavy atom. The standard InChI is InChI=1S/C12H23N5/c1-16-7-4-11(5-8-16)9-13-6-3-12-14-10-17(2)15-12/h10-11,13H,3-9H2,1-2H3. The third-order valence-corrected chi connectivity index (χ3v) is 3.44. The quantitative estimate of drug-likeness (QED) is 0.748. The topological polar surface area (TPSA) is 46.0 Å². The Hall–Kier alpha value is -0.940. The van der Waals surface area contributed by atoms with Crippen LogP contribution in [-0.4, -0.2) is 52.9 Å². The molecular weight excluding hydrogens is 214 g/mol. The molecule has 2 rings (SSSR count). The highest BCUT2D eigenvalue weighted by Crippen LogP contribution is 2.14. The summed E-state index contributed by atoms with van der Waals surface area (Å²) in [5.74, 6) is 1.78. The zero-order valence-corrected chi connectivity index (χ0v) is 10.9. The maximum absolute atomic E-state index is 4.26. The Labute approximate surface area is 103 Å². The van der Waals surface area contributed by atoms with Gasteiger partial charge in [-0.1, -0.05) is 0 Å². The Balaban J connectivity index is 1.57. The number of likely N-dealkylation sites (tertiary alicyclic amines) is 1. The lowest BCUT2D eigenvalue weighted by Gasteiger charge is -2.28. The van der Waals surface area contributed by atoms with Crippen LogP contribution in [0.1, 0.15) is 18.7 Å². The molecule has 1 N–H and O–H groups in total. The van der Waals surface area contributed by atoms with Gasteiger partial charge >= 0.3 is 0 Å². The van der Waals surface area contributed by atoms with Crippen molar-refractivity contribution in [3.05, 3.63) is 12.2 Å². The minimum absolute atomic E-state index is 0.850. The van der Waals surface area contributed by atoms with E-state index in [4.69, 9.17) is 0 Å². The van der Waals surface area contributed by atoms with Crippen molar-refractivity contribution in [1.82, 2.24) is 25.0 Å². The van der Waals surface area contributed by atoms with Crippen molar-refractivity contribution in [1.29, 1.82) is 0 Å². The maximum Gasteiger partial charge on any atom is 0.151 e. The fourth-order valence-electron chi connectivity index (χ4n) is 2.27. The van der Waals surface area contributed by atoms with E-state index < -0.39 is 0 Å². The zero-order chi connectivity index (χ0) is 12.1. The first-order valence-electron chi connectivity index (χ1n) is 6.48. The van der Waals surface area contributed by atoms with Gasteiger partial charge in [0, 0.05) is 20.0 Å². The first-order chi connectivity index (χ1) is 8.24. The molecule has 0 spiro atoms. The van der Waals surface area contributed by atoms with Gasteiger partial charge in [0.1, 0.15) is 6.33 Å². The van der Waals surface area contributed by atoms with Crippen LogP contribution in [0.15, 0.2) is 6.33 Å². The first-order valence-corrected chi connectivity index (χ1v) is 6.48. The van der Waals surface area contributed by atoms with Crippen LogP contribution in [0.3, 0.4) is 0 Å². The molecule has 5 nitrogen and oxygen atoms in total. The second kappa shape index (κ2) is 6.12. The molecule has 1 saturated heterocycles. The van der Waals surface area contributed by atoms with Crippen molar-refractivity contribution in [2.45, 2.75) is 19.3 Å². The molecule has 1 aromatic rings. The van der Waals surface area contributed by atoms with Crippen LogP contribution < -0.4 is 5.32 Å². The van der Waals surface area contributed by atoms with E-state index in [9.17, 15) is 0 Å². The predicted octanol–water partition coefficient (Wildman–Crippen LogP) is 0.289. The van der Waals surface area contributed by atoms with Crippen LogP contribution in [0.4, 0.5) is 0 Å². The Morgan fingerprint density at radius 3 is 2.76 bits per heavy atom. The highest BCUT2D eigenvalue weighted by molar-refractivity contribution is 4.82. The fourth-order valence-corrected chi connectivity index (χ4v) is 2.27. The lowest BCUT2D eigenvalue weighted by atomic mass is 9.97. The molecule has 0 aliphatic carbocycles. The van der Waals surface area contributed by atoms with Crippen LogP contribution >= 0.6 is 0 Å². The second-order valence-electron chi connectivity index (χ2n) is 5.04. The van der Waals surface area contributed by atoms with Crippen molar-refractivity contribution in [3.63, 3.8) is 0 Å². The molecular formula is C12H23N5. The molecule has 0 radical (unpaired) electrons. The summed E-state index contributed by atoms with van der Waals surface area (Å²) in [6.45, 7) is 4.61. The maximum atomic E-state index is 4.26. The van der Waals surface area contributed by atoms with Gasteiger partial charge in [0.05, 0.1) is 0 Å². The third kappa shape index (κ3) is 4.09. The molecule has 0 unspecified atom stereocenters. The van der Waals surface area contributed by atoms with Crippen molar-refractivity contribution >= 4 is 0 Å². The van der Waals surface area contributed by atoms with E-state index in [1.165, 1.54) is 25.9 Å². The second-order valence-corrected chi connectivity index (χ2v) is 5.04. The summed E-state index contributed by atoms with van der Waals surface area (Å²) in [6.07, 6.45) is 5.33. The molecule has 2 heterocycles. The number of hydrogen-bond acceptors (Lipinski definition) is 4. The molecule has 0 aromatic carbocycles. The van der Waals surface area contributed by atoms with Crippen molar-refractivity contribution in [3.8, 4) is 0 Å². The van der Waals surface area contributed by atoms with Crippen LogP contribution in [0.5, 0.6) is 0 Å². The first kappa shape index (κ1) is 12.5. The minimum Gasteiger partial charge on any atom is -0.316 e. The summed E-state index contributed by atoms with van der Waals surface area (Å²) >= 11 is 0. The molecule has 96 valence electrons. The number of aryl methyl sites for hydroxylation is 1. The van der Waals surface area contributed by atoms with Gasteiger partial charge < -0.3 is 10.2 Å². The highest BCUT2D eigenvalue weighted by atomic mass is 15.3. The summed E-state index contributed by atoms with van der Waals surface area (Å²) < 4.78 is 1.76. The van der Waals surface area contributed by atoms with E-state index in [-0.39, 0.29) is 0 Å². The number of rotatable bonds is 5. The van der Waals surface area contributed by atoms with Gasteiger partial charge in [0.25, 0.3) is 0 Å². The van der Waals surface area contributed by atoms with Crippen molar-refractivity contribution in [2.75, 3.05) is 33.2 Å². The number of nitrogens with one attached hydrogen (secondary N) is 1. The molecule has 1 aliphatic rings. The lowest BCUT2D eigenvalue weighted by molar-refractivity contribution is 0.216. The molecule has 1 aliphatic heterocycles. The predicted molar refractivity (Wildman–Crippen MR) is 67.8 cm³/mol. The molecule has 0 bridgehead atoms. The van der Waals surface area contributed by atoms with E-state index >= 15 is 0 Å². The lowest BCUT2D eigenvalue weighted by Crippen LogP contribution is -2.35. The van der Waals surface area contributed by atoms with E-state index in [0.29, 0.717) is 0 Å². The SMILES string of the molecule is CN1CCC(CNCCc2ncn(C)n2)CC1. The van der Waals surface area contributed by atoms with Crippen LogP contribution in [0, 0.1) is 5.92 Å². The van der Waals surface area contributed by atoms with Gasteiger partial charge in [-0.15, -0.1) is 0 Å². The van der Waals surface area contributed by atoms with Gasteiger partial charge in [-0.2, -0.15) is 5.10 Å². The summed E-state index contributed by atoms with van der Waals surface area (Å²) in [6, 6.07) is 0. The molecule has 0 amide bonds. The minimum atomic E-state index is 0.850. The normalized spacial score (nSPS) is 18.7. The average molecular weight is 237 g/mol. The molecule has 5 heteroatoms. The number of aromatic nitrogens is 3. The largest absolute Gasteiger partial charge is 0.316 e. The molecule has 0 saturated carbocycles. The Morgan fingerprint density at radius 2 is 2.12 bits per heavy atom. The number of piperidine rings is 1. The molecule has 1 aromatic heterocycles. The van der Waals surface area contributed by atoms with Gasteiger partial charge in [-0.25, -0.2) is 4.98 Å². The monoisotopic (exact) mass is 237 g/mol. The van der Waals surface area contributed by atoms with Gasteiger partial charge in [0.2, 0.25) is 0 Å². The third-order valence-electron chi connectivity index (χ3n) is 3.44.